The molecule has 1 heteroatoms. The smallest absolute Gasteiger partial charge is 0.000832 e. The van der Waals surface area contributed by atoms with E-state index in [9.17, 15) is 0 Å². The first-order valence-corrected chi connectivity index (χ1v) is 3.69. The van der Waals surface area contributed by atoms with Crippen LogP contribution in [0.2, 0.25) is 0 Å². The highest BCUT2D eigenvalue weighted by Crippen LogP contribution is 2.00. The van der Waals surface area contributed by atoms with Crippen LogP contribution in [0.25, 0.3) is 0 Å². The van der Waals surface area contributed by atoms with E-state index >= 15 is 0 Å². The predicted octanol–water partition coefficient (Wildman–Crippen LogP) is 2.43. The molecule has 0 saturated heterocycles. The van der Waals surface area contributed by atoms with Gasteiger partial charge in [0.2, 0.25) is 0 Å². The van der Waals surface area contributed by atoms with E-state index < -0.39 is 0 Å². The molecule has 0 aromatic rings. The van der Waals surface area contributed by atoms with Crippen LogP contribution in [0.3, 0.4) is 0 Å². The van der Waals surface area contributed by atoms with Gasteiger partial charge in [0.05, 0.1) is 0 Å². The fourth-order valence-corrected chi connectivity index (χ4v) is 0.724. The first kappa shape index (κ1) is 8.54. The van der Waals surface area contributed by atoms with Crippen molar-refractivity contribution in [2.75, 3.05) is 0 Å². The van der Waals surface area contributed by atoms with Gasteiger partial charge in [-0.15, -0.1) is 0 Å². The van der Waals surface area contributed by atoms with Crippen LogP contribution in [0, 0.1) is 0 Å². The topological polar surface area (TPSA) is 26.0 Å². The lowest BCUT2D eigenvalue weighted by molar-refractivity contribution is 0.727. The average Bonchev–Trinajstić information content (AvgIpc) is 1.80. The van der Waals surface area contributed by atoms with E-state index in [2.05, 4.69) is 13.0 Å². The first-order chi connectivity index (χ1) is 4.27. The molecule has 0 bridgehead atoms. The molecule has 0 saturated carbocycles. The van der Waals surface area contributed by atoms with Crippen LogP contribution in [0.4, 0.5) is 0 Å². The number of rotatable bonds is 4. The number of nitrogens with two attached hydrogens (primary N) is 1. The molecule has 0 radical (unpaired) electrons. The van der Waals surface area contributed by atoms with Crippen molar-refractivity contribution >= 4 is 0 Å². The molecule has 0 aliphatic heterocycles. The molecule has 0 heterocycles. The van der Waals surface area contributed by atoms with Crippen LogP contribution in [-0.4, -0.2) is 0 Å². The van der Waals surface area contributed by atoms with Gasteiger partial charge in [0.25, 0.3) is 0 Å². The third kappa shape index (κ3) is 7.54. The van der Waals surface area contributed by atoms with Crippen LogP contribution in [0.1, 0.15) is 39.5 Å². The Kier molecular flexibility index (Phi) is 5.38. The number of allylic oxidation sites excluding steroid dienone is 2. The van der Waals surface area contributed by atoms with Crippen LogP contribution in [-0.2, 0) is 0 Å². The zero-order valence-corrected chi connectivity index (χ0v) is 6.48. The second-order valence-corrected chi connectivity index (χ2v) is 2.44. The lowest BCUT2D eigenvalue weighted by atomic mass is 10.2. The van der Waals surface area contributed by atoms with Gasteiger partial charge in [-0.05, 0) is 19.8 Å². The van der Waals surface area contributed by atoms with E-state index in [4.69, 9.17) is 5.73 Å². The minimum absolute atomic E-state index is 0.950. The van der Waals surface area contributed by atoms with Gasteiger partial charge in [-0.25, -0.2) is 0 Å². The molecule has 0 rings (SSSR count). The fraction of sp³-hybridized carbons (Fsp3) is 0.750. The van der Waals surface area contributed by atoms with Gasteiger partial charge < -0.3 is 5.73 Å². The summed E-state index contributed by atoms with van der Waals surface area (Å²) in [6.45, 7) is 4.14. The van der Waals surface area contributed by atoms with Crippen molar-refractivity contribution in [2.24, 2.45) is 5.73 Å². The van der Waals surface area contributed by atoms with E-state index in [1.54, 1.807) is 0 Å². The van der Waals surface area contributed by atoms with E-state index in [0.29, 0.717) is 0 Å². The van der Waals surface area contributed by atoms with E-state index in [0.717, 1.165) is 12.1 Å². The molecule has 0 aromatic carbocycles. The zero-order chi connectivity index (χ0) is 7.11. The summed E-state index contributed by atoms with van der Waals surface area (Å²) in [5.41, 5.74) is 6.39. The molecule has 54 valence electrons. The molecule has 2 N–H and O–H groups in total. The maximum absolute atomic E-state index is 5.44. The Bertz CT molecular complexity index is 80.6. The molecule has 0 fully saturated rings. The van der Waals surface area contributed by atoms with Crippen molar-refractivity contribution in [1.29, 1.82) is 0 Å². The predicted molar refractivity (Wildman–Crippen MR) is 42.1 cm³/mol. The van der Waals surface area contributed by atoms with Gasteiger partial charge in [-0.1, -0.05) is 25.8 Å². The quantitative estimate of drug-likeness (QED) is 0.577. The maximum Gasteiger partial charge on any atom is 0.000832 e. The van der Waals surface area contributed by atoms with Crippen LogP contribution < -0.4 is 5.73 Å². The van der Waals surface area contributed by atoms with E-state index in [1.165, 1.54) is 19.3 Å². The van der Waals surface area contributed by atoms with Gasteiger partial charge in [0.1, 0.15) is 0 Å². The second kappa shape index (κ2) is 5.67. The lowest BCUT2D eigenvalue weighted by Crippen LogP contribution is -1.89. The van der Waals surface area contributed by atoms with Gasteiger partial charge in [-0.3, -0.25) is 0 Å². The standard InChI is InChI=1S/C8H17N/c1-3-4-5-6-7-8(2)9/h7H,3-6,9H2,1-2H3/b8-7+. The Hall–Kier alpha value is -0.460. The number of hydrogen-bond donors (Lipinski definition) is 1. The Morgan fingerprint density at radius 3 is 2.56 bits per heavy atom. The maximum atomic E-state index is 5.44. The molecule has 0 atom stereocenters. The minimum atomic E-state index is 0.950. The summed E-state index contributed by atoms with van der Waals surface area (Å²) in [6, 6.07) is 0. The third-order valence-corrected chi connectivity index (χ3v) is 1.27. The van der Waals surface area contributed by atoms with Crippen molar-refractivity contribution < 1.29 is 0 Å². The van der Waals surface area contributed by atoms with Crippen molar-refractivity contribution in [3.63, 3.8) is 0 Å². The summed E-state index contributed by atoms with van der Waals surface area (Å²) in [4.78, 5) is 0. The lowest BCUT2D eigenvalue weighted by Gasteiger charge is -1.92. The van der Waals surface area contributed by atoms with E-state index in [-0.39, 0.29) is 0 Å². The van der Waals surface area contributed by atoms with Crippen molar-refractivity contribution in [3.8, 4) is 0 Å². The third-order valence-electron chi connectivity index (χ3n) is 1.27. The molecule has 0 unspecified atom stereocenters. The molecule has 9 heavy (non-hydrogen) atoms. The molecule has 0 aliphatic carbocycles. The minimum Gasteiger partial charge on any atom is -0.403 e. The summed E-state index contributed by atoms with van der Waals surface area (Å²) in [7, 11) is 0. The van der Waals surface area contributed by atoms with E-state index in [1.807, 2.05) is 6.92 Å². The molecule has 0 aromatic heterocycles. The number of unbranched alkanes of at least 4 members (excludes halogenated alkanes) is 3. The Labute approximate surface area is 57.9 Å². The molecule has 0 spiro atoms. The van der Waals surface area contributed by atoms with Crippen LogP contribution >= 0.6 is 0 Å². The fourth-order valence-electron chi connectivity index (χ4n) is 0.724. The second-order valence-electron chi connectivity index (χ2n) is 2.44. The van der Waals surface area contributed by atoms with Crippen molar-refractivity contribution in [3.05, 3.63) is 11.8 Å². The van der Waals surface area contributed by atoms with Crippen molar-refractivity contribution in [2.45, 2.75) is 39.5 Å². The van der Waals surface area contributed by atoms with Crippen molar-refractivity contribution in [1.82, 2.24) is 0 Å². The average molecular weight is 127 g/mol. The summed E-state index contributed by atoms with van der Waals surface area (Å²) in [5.74, 6) is 0. The van der Waals surface area contributed by atoms with Gasteiger partial charge >= 0.3 is 0 Å². The van der Waals surface area contributed by atoms with Gasteiger partial charge in [-0.2, -0.15) is 0 Å². The molecular weight excluding hydrogens is 110 g/mol. The Morgan fingerprint density at radius 2 is 2.11 bits per heavy atom. The first-order valence-electron chi connectivity index (χ1n) is 3.69. The van der Waals surface area contributed by atoms with Gasteiger partial charge in [0.15, 0.2) is 0 Å². The van der Waals surface area contributed by atoms with Crippen LogP contribution in [0.5, 0.6) is 0 Å². The highest BCUT2D eigenvalue weighted by molar-refractivity contribution is 4.90. The normalized spacial score (nSPS) is 12.0. The molecule has 0 aliphatic rings. The highest BCUT2D eigenvalue weighted by atomic mass is 14.5. The summed E-state index contributed by atoms with van der Waals surface area (Å²) < 4.78 is 0. The SMILES string of the molecule is CCCCC/C=C(\C)N. The molecule has 1 nitrogen and oxygen atoms in total. The molecular formula is C8H17N. The van der Waals surface area contributed by atoms with Gasteiger partial charge in [0, 0.05) is 5.70 Å². The van der Waals surface area contributed by atoms with Crippen LogP contribution in [0.15, 0.2) is 11.8 Å². The highest BCUT2D eigenvalue weighted by Gasteiger charge is 1.81. The summed E-state index contributed by atoms with van der Waals surface area (Å²) in [6.07, 6.45) is 7.14. The zero-order valence-electron chi connectivity index (χ0n) is 6.48. The Balaban J connectivity index is 3.00. The largest absolute Gasteiger partial charge is 0.403 e. The Morgan fingerprint density at radius 1 is 1.44 bits per heavy atom. The monoisotopic (exact) mass is 127 g/mol. The summed E-state index contributed by atoms with van der Waals surface area (Å²) in [5, 5.41) is 0. The number of hydrogen-bond acceptors (Lipinski definition) is 1. The molecule has 0 amide bonds. The summed E-state index contributed by atoms with van der Waals surface area (Å²) >= 11 is 0.